The number of anilines is 1. The number of halogens is 2. The Hall–Kier alpha value is -2.63. The number of hydrogen-bond donors (Lipinski definition) is 2. The van der Waals surface area contributed by atoms with Crippen LogP contribution in [0.1, 0.15) is 18.0 Å². The van der Waals surface area contributed by atoms with Gasteiger partial charge in [0.1, 0.15) is 17.4 Å². The molecule has 2 N–H and O–H groups in total. The van der Waals surface area contributed by atoms with Gasteiger partial charge in [-0.2, -0.15) is 0 Å². The second-order valence-electron chi connectivity index (χ2n) is 4.98. The van der Waals surface area contributed by atoms with Gasteiger partial charge in [-0.05, 0) is 18.2 Å². The molecule has 0 bridgehead atoms. The lowest BCUT2D eigenvalue weighted by molar-refractivity contribution is 0.232. The Morgan fingerprint density at radius 2 is 1.86 bits per heavy atom. The van der Waals surface area contributed by atoms with Crippen LogP contribution in [-0.2, 0) is 0 Å². The van der Waals surface area contributed by atoms with Gasteiger partial charge in [0.15, 0.2) is 0 Å². The third-order valence-electron chi connectivity index (χ3n) is 3.38. The monoisotopic (exact) mass is 304 g/mol. The van der Waals surface area contributed by atoms with E-state index >= 15 is 0 Å². The first-order chi connectivity index (χ1) is 10.6. The summed E-state index contributed by atoms with van der Waals surface area (Å²) < 4.78 is 31.7. The summed E-state index contributed by atoms with van der Waals surface area (Å²) in [5.41, 5.74) is 0.949. The van der Waals surface area contributed by atoms with Crippen LogP contribution in [0.4, 0.5) is 19.3 Å². The fourth-order valence-electron chi connectivity index (χ4n) is 2.44. The zero-order valence-corrected chi connectivity index (χ0v) is 11.6. The second-order valence-corrected chi connectivity index (χ2v) is 4.98. The van der Waals surface area contributed by atoms with Gasteiger partial charge in [0.25, 0.3) is 0 Å². The van der Waals surface area contributed by atoms with E-state index < -0.39 is 17.7 Å². The van der Waals surface area contributed by atoms with E-state index in [0.717, 1.165) is 29.5 Å². The minimum absolute atomic E-state index is 0.0651. The number of carbonyl (C=O) groups excluding carboxylic acids is 1. The summed E-state index contributed by atoms with van der Waals surface area (Å²) >= 11 is 0. The zero-order chi connectivity index (χ0) is 15.5. The molecule has 1 atom stereocenters. The quantitative estimate of drug-likeness (QED) is 0.890. The minimum Gasteiger partial charge on any atom is -0.493 e. The smallest absolute Gasteiger partial charge is 0.319 e. The number of benzene rings is 2. The van der Waals surface area contributed by atoms with Crippen molar-refractivity contribution < 1.29 is 18.3 Å². The maximum Gasteiger partial charge on any atom is 0.319 e. The van der Waals surface area contributed by atoms with Crippen molar-refractivity contribution in [2.75, 3.05) is 11.9 Å². The molecule has 1 unspecified atom stereocenters. The summed E-state index contributed by atoms with van der Waals surface area (Å²) in [6.45, 7) is 0.497. The predicted octanol–water partition coefficient (Wildman–Crippen LogP) is 3.61. The van der Waals surface area contributed by atoms with Gasteiger partial charge in [-0.3, -0.25) is 0 Å². The largest absolute Gasteiger partial charge is 0.493 e. The van der Waals surface area contributed by atoms with Gasteiger partial charge < -0.3 is 15.4 Å². The van der Waals surface area contributed by atoms with Gasteiger partial charge in [-0.25, -0.2) is 13.6 Å². The van der Waals surface area contributed by atoms with Crippen molar-refractivity contribution in [2.24, 2.45) is 0 Å². The SMILES string of the molecule is O=C(Nc1cc(F)cc(F)c1)NC1CCOc2ccccc21. The molecule has 0 spiro atoms. The number of hydrogen-bond acceptors (Lipinski definition) is 2. The third-order valence-corrected chi connectivity index (χ3v) is 3.38. The maximum absolute atomic E-state index is 13.1. The molecule has 1 aliphatic heterocycles. The van der Waals surface area contributed by atoms with E-state index in [1.807, 2.05) is 24.3 Å². The van der Waals surface area contributed by atoms with Crippen LogP contribution in [0.5, 0.6) is 5.75 Å². The molecule has 1 heterocycles. The average Bonchev–Trinajstić information content (AvgIpc) is 2.46. The van der Waals surface area contributed by atoms with Crippen LogP contribution in [0.25, 0.3) is 0 Å². The molecule has 1 aliphatic rings. The number of carbonyl (C=O) groups is 1. The molecule has 6 heteroatoms. The first kappa shape index (κ1) is 14.3. The third kappa shape index (κ3) is 3.16. The van der Waals surface area contributed by atoms with Crippen LogP contribution in [0, 0.1) is 11.6 Å². The molecule has 2 amide bonds. The van der Waals surface area contributed by atoms with Crippen LogP contribution >= 0.6 is 0 Å². The Bertz CT molecular complexity index is 686. The second kappa shape index (κ2) is 6.01. The minimum atomic E-state index is -0.744. The summed E-state index contributed by atoms with van der Waals surface area (Å²) in [6, 6.07) is 9.57. The Morgan fingerprint density at radius 1 is 1.14 bits per heavy atom. The fourth-order valence-corrected chi connectivity index (χ4v) is 2.44. The summed E-state index contributed by atoms with van der Waals surface area (Å²) in [6.07, 6.45) is 0.627. The first-order valence-corrected chi connectivity index (χ1v) is 6.87. The highest BCUT2D eigenvalue weighted by Gasteiger charge is 2.22. The maximum atomic E-state index is 13.1. The van der Waals surface area contributed by atoms with Crippen LogP contribution in [0.15, 0.2) is 42.5 Å². The van der Waals surface area contributed by atoms with Crippen molar-refractivity contribution in [1.29, 1.82) is 0 Å². The topological polar surface area (TPSA) is 50.4 Å². The molecule has 0 saturated carbocycles. The Morgan fingerprint density at radius 3 is 2.64 bits per heavy atom. The Labute approximate surface area is 126 Å². The van der Waals surface area contributed by atoms with Crippen molar-refractivity contribution in [2.45, 2.75) is 12.5 Å². The first-order valence-electron chi connectivity index (χ1n) is 6.87. The highest BCUT2D eigenvalue weighted by molar-refractivity contribution is 5.89. The Kier molecular flexibility index (Phi) is 3.91. The molecule has 0 aromatic heterocycles. The summed E-state index contributed by atoms with van der Waals surface area (Å²) in [7, 11) is 0. The van der Waals surface area contributed by atoms with E-state index in [1.54, 1.807) is 0 Å². The van der Waals surface area contributed by atoms with Gasteiger partial charge in [0.05, 0.1) is 12.6 Å². The van der Waals surface area contributed by atoms with E-state index in [0.29, 0.717) is 13.0 Å². The van der Waals surface area contributed by atoms with Gasteiger partial charge in [-0.1, -0.05) is 18.2 Å². The molecule has 0 aliphatic carbocycles. The van der Waals surface area contributed by atoms with Crippen LogP contribution in [0.2, 0.25) is 0 Å². The van der Waals surface area contributed by atoms with Gasteiger partial charge in [-0.15, -0.1) is 0 Å². The van der Waals surface area contributed by atoms with Crippen LogP contribution in [0.3, 0.4) is 0 Å². The van der Waals surface area contributed by atoms with Crippen molar-refractivity contribution in [1.82, 2.24) is 5.32 Å². The number of nitrogens with one attached hydrogen (secondary N) is 2. The lowest BCUT2D eigenvalue weighted by Crippen LogP contribution is -2.35. The molecular weight excluding hydrogens is 290 g/mol. The number of urea groups is 1. The number of para-hydroxylation sites is 1. The number of rotatable bonds is 2. The number of ether oxygens (including phenoxy) is 1. The number of amides is 2. The molecule has 2 aromatic carbocycles. The normalized spacial score (nSPS) is 16.4. The number of fused-ring (bicyclic) bond motifs is 1. The van der Waals surface area contributed by atoms with E-state index in [2.05, 4.69) is 10.6 Å². The highest BCUT2D eigenvalue weighted by atomic mass is 19.1. The standard InChI is InChI=1S/C16H14F2N2O2/c17-10-7-11(18)9-12(8-10)19-16(21)20-14-5-6-22-15-4-2-1-3-13(14)15/h1-4,7-9,14H,5-6H2,(H2,19,20,21). The van der Waals surface area contributed by atoms with Crippen molar-refractivity contribution in [3.63, 3.8) is 0 Å². The molecule has 0 radical (unpaired) electrons. The molecular formula is C16H14F2N2O2. The van der Waals surface area contributed by atoms with E-state index in [1.165, 1.54) is 0 Å². The van der Waals surface area contributed by atoms with Crippen molar-refractivity contribution in [3.8, 4) is 5.75 Å². The van der Waals surface area contributed by atoms with E-state index in [9.17, 15) is 13.6 Å². The van der Waals surface area contributed by atoms with Crippen LogP contribution < -0.4 is 15.4 Å². The lowest BCUT2D eigenvalue weighted by Gasteiger charge is -2.26. The summed E-state index contributed by atoms with van der Waals surface area (Å²) in [5.74, 6) is -0.755. The van der Waals surface area contributed by atoms with Gasteiger partial charge in [0.2, 0.25) is 0 Å². The molecule has 0 fully saturated rings. The highest BCUT2D eigenvalue weighted by Crippen LogP contribution is 2.31. The summed E-state index contributed by atoms with van der Waals surface area (Å²) in [5, 5.41) is 5.22. The molecule has 4 nitrogen and oxygen atoms in total. The van der Waals surface area contributed by atoms with Gasteiger partial charge in [0, 0.05) is 23.7 Å². The Balaban J connectivity index is 1.70. The van der Waals surface area contributed by atoms with E-state index in [-0.39, 0.29) is 11.7 Å². The van der Waals surface area contributed by atoms with Crippen molar-refractivity contribution >= 4 is 11.7 Å². The van der Waals surface area contributed by atoms with Crippen molar-refractivity contribution in [3.05, 3.63) is 59.7 Å². The van der Waals surface area contributed by atoms with E-state index in [4.69, 9.17) is 4.74 Å². The molecule has 22 heavy (non-hydrogen) atoms. The molecule has 114 valence electrons. The predicted molar refractivity (Wildman–Crippen MR) is 77.8 cm³/mol. The average molecular weight is 304 g/mol. The molecule has 2 aromatic rings. The lowest BCUT2D eigenvalue weighted by atomic mass is 10.0. The zero-order valence-electron chi connectivity index (χ0n) is 11.6. The van der Waals surface area contributed by atoms with Gasteiger partial charge >= 0.3 is 6.03 Å². The molecule has 0 saturated heterocycles. The molecule has 3 rings (SSSR count). The van der Waals surface area contributed by atoms with Crippen LogP contribution in [-0.4, -0.2) is 12.6 Å². The fraction of sp³-hybridized carbons (Fsp3) is 0.188. The summed E-state index contributed by atoms with van der Waals surface area (Å²) in [4.78, 5) is 12.0.